The van der Waals surface area contributed by atoms with Gasteiger partial charge in [-0.1, -0.05) is 12.1 Å². The molecule has 0 aliphatic carbocycles. The molecule has 0 aliphatic heterocycles. The van der Waals surface area contributed by atoms with Crippen LogP contribution in [0.2, 0.25) is 0 Å². The van der Waals surface area contributed by atoms with Crippen molar-refractivity contribution in [3.05, 3.63) is 29.8 Å². The number of nitrogens with two attached hydrogens (primary N) is 1. The molecule has 15 heavy (non-hydrogen) atoms. The average Bonchev–Trinajstić information content (AvgIpc) is 2.17. The van der Waals surface area contributed by atoms with E-state index in [4.69, 9.17) is 11.1 Å². The van der Waals surface area contributed by atoms with Crippen LogP contribution in [-0.2, 0) is 10.0 Å². The van der Waals surface area contributed by atoms with Crippen molar-refractivity contribution >= 4 is 21.5 Å². The number of benzene rings is 1. The first kappa shape index (κ1) is 11.5. The molecule has 0 unspecified atom stereocenters. The van der Waals surface area contributed by atoms with E-state index in [1.54, 1.807) is 25.1 Å². The van der Waals surface area contributed by atoms with Crippen LogP contribution in [-0.4, -0.2) is 20.0 Å². The van der Waals surface area contributed by atoms with E-state index >= 15 is 0 Å². The lowest BCUT2D eigenvalue weighted by atomic mass is 10.2. The van der Waals surface area contributed by atoms with Gasteiger partial charge in [0.15, 0.2) is 0 Å². The van der Waals surface area contributed by atoms with E-state index < -0.39 is 10.0 Å². The molecule has 1 rings (SSSR count). The Kier molecular flexibility index (Phi) is 3.31. The van der Waals surface area contributed by atoms with E-state index in [9.17, 15) is 8.42 Å². The fourth-order valence-electron chi connectivity index (χ4n) is 1.00. The Morgan fingerprint density at radius 1 is 1.53 bits per heavy atom. The normalized spacial score (nSPS) is 11.0. The van der Waals surface area contributed by atoms with E-state index in [0.29, 0.717) is 11.3 Å². The summed E-state index contributed by atoms with van der Waals surface area (Å²) in [4.78, 5) is 0. The molecule has 0 radical (unpaired) electrons. The van der Waals surface area contributed by atoms with Gasteiger partial charge in [0.2, 0.25) is 10.0 Å². The summed E-state index contributed by atoms with van der Waals surface area (Å²) in [6.45, 7) is 1.55. The van der Waals surface area contributed by atoms with Crippen molar-refractivity contribution in [3.8, 4) is 0 Å². The predicted molar refractivity (Wildman–Crippen MR) is 60.5 cm³/mol. The second kappa shape index (κ2) is 4.31. The summed E-state index contributed by atoms with van der Waals surface area (Å²) in [5, 5.41) is 7.21. The molecule has 0 atom stereocenters. The first-order chi connectivity index (χ1) is 6.94. The zero-order chi connectivity index (χ0) is 11.5. The van der Waals surface area contributed by atoms with Gasteiger partial charge in [-0.3, -0.25) is 10.1 Å². The summed E-state index contributed by atoms with van der Waals surface area (Å²) >= 11 is 0. The molecule has 0 amide bonds. The van der Waals surface area contributed by atoms with Gasteiger partial charge in [-0.25, -0.2) is 8.42 Å². The molecular weight excluding hydrogens is 214 g/mol. The van der Waals surface area contributed by atoms with Crippen LogP contribution >= 0.6 is 0 Å². The van der Waals surface area contributed by atoms with Crippen LogP contribution in [0.1, 0.15) is 12.5 Å². The average molecular weight is 227 g/mol. The molecule has 0 fully saturated rings. The lowest BCUT2D eigenvalue weighted by molar-refractivity contribution is 0.602. The highest BCUT2D eigenvalue weighted by molar-refractivity contribution is 7.92. The first-order valence-corrected chi connectivity index (χ1v) is 6.05. The van der Waals surface area contributed by atoms with Gasteiger partial charge in [0.25, 0.3) is 0 Å². The van der Waals surface area contributed by atoms with Crippen molar-refractivity contribution in [1.82, 2.24) is 0 Å². The Balaban J connectivity index is 2.97. The second-order valence-corrected chi connectivity index (χ2v) is 5.01. The molecule has 82 valence electrons. The van der Waals surface area contributed by atoms with Gasteiger partial charge in [-0.05, 0) is 19.1 Å². The van der Waals surface area contributed by atoms with Crippen LogP contribution in [0.15, 0.2) is 24.3 Å². The number of nitrogens with one attached hydrogen (secondary N) is 2. The van der Waals surface area contributed by atoms with E-state index in [2.05, 4.69) is 4.72 Å². The fourth-order valence-corrected chi connectivity index (χ4v) is 1.63. The highest BCUT2D eigenvalue weighted by atomic mass is 32.2. The maximum Gasteiger partial charge on any atom is 0.232 e. The van der Waals surface area contributed by atoms with E-state index in [0.717, 1.165) is 0 Å². The van der Waals surface area contributed by atoms with Crippen LogP contribution in [0.4, 0.5) is 5.69 Å². The number of nitrogen functional groups attached to an aromatic ring is 1. The summed E-state index contributed by atoms with van der Waals surface area (Å²) in [6.07, 6.45) is 0. The summed E-state index contributed by atoms with van der Waals surface area (Å²) < 4.78 is 24.9. The van der Waals surface area contributed by atoms with Gasteiger partial charge in [0, 0.05) is 11.3 Å². The van der Waals surface area contributed by atoms with Crippen LogP contribution in [0, 0.1) is 5.41 Å². The Morgan fingerprint density at radius 2 is 2.20 bits per heavy atom. The molecule has 0 saturated carbocycles. The molecule has 1 aromatic carbocycles. The van der Waals surface area contributed by atoms with Crippen molar-refractivity contribution < 1.29 is 8.42 Å². The molecule has 5 nitrogen and oxygen atoms in total. The third kappa shape index (κ3) is 3.25. The third-order valence-corrected chi connectivity index (χ3v) is 3.13. The van der Waals surface area contributed by atoms with Crippen molar-refractivity contribution in [1.29, 1.82) is 5.41 Å². The lowest BCUT2D eigenvalue weighted by Gasteiger charge is -2.06. The maximum atomic E-state index is 11.3. The molecule has 0 heterocycles. The number of hydrogen-bond donors (Lipinski definition) is 3. The van der Waals surface area contributed by atoms with Crippen molar-refractivity contribution in [2.24, 2.45) is 5.73 Å². The van der Waals surface area contributed by atoms with E-state index in [1.165, 1.54) is 6.07 Å². The van der Waals surface area contributed by atoms with Gasteiger partial charge < -0.3 is 5.73 Å². The Bertz CT molecular complexity index is 468. The minimum atomic E-state index is -3.28. The predicted octanol–water partition coefficient (Wildman–Crippen LogP) is 0.732. The quantitative estimate of drug-likeness (QED) is 0.522. The number of amidine groups is 1. The summed E-state index contributed by atoms with van der Waals surface area (Å²) in [7, 11) is -3.28. The zero-order valence-corrected chi connectivity index (χ0v) is 9.14. The van der Waals surface area contributed by atoms with E-state index in [-0.39, 0.29) is 11.6 Å². The molecule has 4 N–H and O–H groups in total. The fraction of sp³-hybridized carbons (Fsp3) is 0.222. The van der Waals surface area contributed by atoms with Gasteiger partial charge in [-0.15, -0.1) is 0 Å². The van der Waals surface area contributed by atoms with Crippen LogP contribution in [0.3, 0.4) is 0 Å². The number of rotatable bonds is 4. The number of hydrogen-bond acceptors (Lipinski definition) is 3. The minimum Gasteiger partial charge on any atom is -0.384 e. The lowest BCUT2D eigenvalue weighted by Crippen LogP contribution is -2.16. The smallest absolute Gasteiger partial charge is 0.232 e. The Labute approximate surface area is 88.9 Å². The van der Waals surface area contributed by atoms with E-state index in [1.807, 2.05) is 0 Å². The Hall–Kier alpha value is -1.56. The first-order valence-electron chi connectivity index (χ1n) is 4.39. The molecule has 0 aromatic heterocycles. The third-order valence-electron chi connectivity index (χ3n) is 1.83. The molecule has 0 saturated heterocycles. The summed E-state index contributed by atoms with van der Waals surface area (Å²) in [6, 6.07) is 6.42. The topological polar surface area (TPSA) is 96.0 Å². The van der Waals surface area contributed by atoms with Gasteiger partial charge in [-0.2, -0.15) is 0 Å². The monoisotopic (exact) mass is 227 g/mol. The molecule has 0 spiro atoms. The number of sulfonamides is 1. The van der Waals surface area contributed by atoms with Crippen LogP contribution in [0.5, 0.6) is 0 Å². The minimum absolute atomic E-state index is 0.0112. The SMILES string of the molecule is CCS(=O)(=O)Nc1cccc(C(=N)N)c1. The zero-order valence-electron chi connectivity index (χ0n) is 8.32. The molecule has 0 aliphatic rings. The molecule has 1 aromatic rings. The molecular formula is C9H13N3O2S. The van der Waals surface area contributed by atoms with Crippen molar-refractivity contribution in [2.75, 3.05) is 10.5 Å². The van der Waals surface area contributed by atoms with Gasteiger partial charge >= 0.3 is 0 Å². The summed E-state index contributed by atoms with van der Waals surface area (Å²) in [5.41, 5.74) is 6.20. The molecule has 0 bridgehead atoms. The van der Waals surface area contributed by atoms with Crippen LogP contribution in [0.25, 0.3) is 0 Å². The maximum absolute atomic E-state index is 11.3. The second-order valence-electron chi connectivity index (χ2n) is 3.00. The Morgan fingerprint density at radius 3 is 2.73 bits per heavy atom. The number of anilines is 1. The highest BCUT2D eigenvalue weighted by Gasteiger charge is 2.07. The van der Waals surface area contributed by atoms with Crippen molar-refractivity contribution in [2.45, 2.75) is 6.92 Å². The molecule has 6 heteroatoms. The standard InChI is InChI=1S/C9H13N3O2S/c1-2-15(13,14)12-8-5-3-4-7(6-8)9(10)11/h3-6,12H,2H2,1H3,(H3,10,11). The van der Waals surface area contributed by atoms with Gasteiger partial charge in [0.05, 0.1) is 5.75 Å². The largest absolute Gasteiger partial charge is 0.384 e. The van der Waals surface area contributed by atoms with Crippen LogP contribution < -0.4 is 10.5 Å². The van der Waals surface area contributed by atoms with Gasteiger partial charge in [0.1, 0.15) is 5.84 Å². The highest BCUT2D eigenvalue weighted by Crippen LogP contribution is 2.11. The summed E-state index contributed by atoms with van der Waals surface area (Å²) in [5.74, 6) is -0.0790. The van der Waals surface area contributed by atoms with Crippen molar-refractivity contribution in [3.63, 3.8) is 0 Å².